The lowest BCUT2D eigenvalue weighted by Crippen LogP contribution is -2.01. The van der Waals surface area contributed by atoms with E-state index in [4.69, 9.17) is 12.2 Å². The highest BCUT2D eigenvalue weighted by Gasteiger charge is 2.11. The second-order valence-electron chi connectivity index (χ2n) is 4.91. The van der Waals surface area contributed by atoms with Crippen LogP contribution in [-0.4, -0.2) is 14.5 Å². The number of fused-ring (bicyclic) bond motifs is 1. The van der Waals surface area contributed by atoms with Crippen molar-refractivity contribution in [2.75, 3.05) is 0 Å². The van der Waals surface area contributed by atoms with Crippen LogP contribution in [0.2, 0.25) is 0 Å². The summed E-state index contributed by atoms with van der Waals surface area (Å²) in [6, 6.07) is 6.36. The molecule has 0 amide bonds. The Balaban J connectivity index is 2.43. The van der Waals surface area contributed by atoms with Gasteiger partial charge in [0, 0.05) is 6.20 Å². The number of nitrogens with zero attached hydrogens (tertiary/aromatic N) is 2. The van der Waals surface area contributed by atoms with Gasteiger partial charge in [-0.15, -0.1) is 0 Å². The van der Waals surface area contributed by atoms with Gasteiger partial charge < -0.3 is 4.98 Å². The van der Waals surface area contributed by atoms with E-state index in [1.165, 1.54) is 16.7 Å². The van der Waals surface area contributed by atoms with E-state index in [2.05, 4.69) is 47.4 Å². The molecule has 3 rings (SSSR count). The molecule has 0 saturated carbocycles. The Labute approximate surface area is 116 Å². The summed E-state index contributed by atoms with van der Waals surface area (Å²) in [4.78, 5) is 7.34. The lowest BCUT2D eigenvalue weighted by atomic mass is 10.0. The van der Waals surface area contributed by atoms with E-state index in [-0.39, 0.29) is 0 Å². The van der Waals surface area contributed by atoms with E-state index in [1.807, 2.05) is 6.07 Å². The molecule has 0 fully saturated rings. The standard InChI is InChI=1S/C15H15N3S/c1-9-6-10(2)14(11(3)7-9)18-13-4-5-16-8-12(13)17-15(18)19/h4-8H,1-3H3,(H,17,19). The average Bonchev–Trinajstić information content (AvgIpc) is 2.65. The number of aromatic amines is 1. The Kier molecular flexibility index (Phi) is 2.75. The van der Waals surface area contributed by atoms with Gasteiger partial charge in [0.2, 0.25) is 0 Å². The van der Waals surface area contributed by atoms with Crippen molar-refractivity contribution in [3.63, 3.8) is 0 Å². The predicted octanol–water partition coefficient (Wildman–Crippen LogP) is 4.01. The molecule has 19 heavy (non-hydrogen) atoms. The average molecular weight is 269 g/mol. The van der Waals surface area contributed by atoms with Gasteiger partial charge in [-0.3, -0.25) is 9.55 Å². The number of imidazole rings is 1. The monoisotopic (exact) mass is 269 g/mol. The molecule has 96 valence electrons. The summed E-state index contributed by atoms with van der Waals surface area (Å²) in [5.41, 5.74) is 6.92. The Morgan fingerprint density at radius 2 is 1.84 bits per heavy atom. The number of aryl methyl sites for hydroxylation is 3. The van der Waals surface area contributed by atoms with Crippen LogP contribution in [0.5, 0.6) is 0 Å². The number of pyridine rings is 1. The van der Waals surface area contributed by atoms with Crippen LogP contribution in [0.15, 0.2) is 30.6 Å². The number of rotatable bonds is 1. The van der Waals surface area contributed by atoms with E-state index in [0.29, 0.717) is 4.77 Å². The number of hydrogen-bond acceptors (Lipinski definition) is 2. The van der Waals surface area contributed by atoms with Crippen molar-refractivity contribution in [2.45, 2.75) is 20.8 Å². The predicted molar refractivity (Wildman–Crippen MR) is 80.5 cm³/mol. The van der Waals surface area contributed by atoms with Crippen LogP contribution in [0.25, 0.3) is 16.7 Å². The van der Waals surface area contributed by atoms with Crippen molar-refractivity contribution in [3.05, 3.63) is 52.1 Å². The maximum absolute atomic E-state index is 5.47. The molecular formula is C15H15N3S. The number of hydrogen-bond donors (Lipinski definition) is 1. The van der Waals surface area contributed by atoms with Crippen LogP contribution in [-0.2, 0) is 0 Å². The van der Waals surface area contributed by atoms with E-state index < -0.39 is 0 Å². The molecule has 0 bridgehead atoms. The molecule has 3 aromatic rings. The van der Waals surface area contributed by atoms with Gasteiger partial charge in [0.15, 0.2) is 4.77 Å². The van der Waals surface area contributed by atoms with Crippen molar-refractivity contribution < 1.29 is 0 Å². The lowest BCUT2D eigenvalue weighted by molar-refractivity contribution is 1.03. The normalized spacial score (nSPS) is 11.1. The minimum atomic E-state index is 0.707. The van der Waals surface area contributed by atoms with E-state index in [0.717, 1.165) is 16.7 Å². The van der Waals surface area contributed by atoms with Gasteiger partial charge in [0.1, 0.15) is 0 Å². The summed E-state index contributed by atoms with van der Waals surface area (Å²) in [6.07, 6.45) is 3.60. The zero-order valence-corrected chi connectivity index (χ0v) is 12.0. The quantitative estimate of drug-likeness (QED) is 0.677. The summed E-state index contributed by atoms with van der Waals surface area (Å²) >= 11 is 5.47. The molecule has 2 aromatic heterocycles. The Morgan fingerprint density at radius 1 is 1.16 bits per heavy atom. The van der Waals surface area contributed by atoms with Crippen LogP contribution in [0, 0.1) is 25.5 Å². The van der Waals surface area contributed by atoms with E-state index >= 15 is 0 Å². The van der Waals surface area contributed by atoms with Gasteiger partial charge in [-0.1, -0.05) is 17.7 Å². The van der Waals surface area contributed by atoms with Gasteiger partial charge in [-0.2, -0.15) is 0 Å². The highest BCUT2D eigenvalue weighted by Crippen LogP contribution is 2.25. The van der Waals surface area contributed by atoms with Crippen LogP contribution < -0.4 is 0 Å². The Morgan fingerprint density at radius 3 is 2.53 bits per heavy atom. The molecule has 1 N–H and O–H groups in total. The first-order valence-corrected chi connectivity index (χ1v) is 6.61. The zero-order chi connectivity index (χ0) is 13.6. The highest BCUT2D eigenvalue weighted by molar-refractivity contribution is 7.71. The SMILES string of the molecule is Cc1cc(C)c(-n2c(=S)[nH]c3cnccc32)c(C)c1. The highest BCUT2D eigenvalue weighted by atomic mass is 32.1. The molecule has 3 nitrogen and oxygen atoms in total. The summed E-state index contributed by atoms with van der Waals surface area (Å²) in [7, 11) is 0. The summed E-state index contributed by atoms with van der Waals surface area (Å²) in [6.45, 7) is 6.36. The number of aromatic nitrogens is 3. The molecule has 0 spiro atoms. The van der Waals surface area contributed by atoms with Crippen molar-refractivity contribution in [1.82, 2.24) is 14.5 Å². The Bertz CT molecular complexity index is 804. The maximum atomic E-state index is 5.47. The van der Waals surface area contributed by atoms with Crippen LogP contribution in [0.3, 0.4) is 0 Å². The first-order valence-electron chi connectivity index (χ1n) is 6.21. The fraction of sp³-hybridized carbons (Fsp3) is 0.200. The third-order valence-corrected chi connectivity index (χ3v) is 3.63. The molecular weight excluding hydrogens is 254 g/mol. The molecule has 0 saturated heterocycles. The topological polar surface area (TPSA) is 33.6 Å². The van der Waals surface area contributed by atoms with Gasteiger partial charge >= 0.3 is 0 Å². The van der Waals surface area contributed by atoms with Crippen molar-refractivity contribution in [1.29, 1.82) is 0 Å². The second kappa shape index (κ2) is 4.31. The first kappa shape index (κ1) is 12.1. The molecule has 2 heterocycles. The smallest absolute Gasteiger partial charge is 0.182 e. The molecule has 0 aliphatic carbocycles. The molecule has 0 aliphatic heterocycles. The largest absolute Gasteiger partial charge is 0.329 e. The van der Waals surface area contributed by atoms with Crippen molar-refractivity contribution in [3.8, 4) is 5.69 Å². The van der Waals surface area contributed by atoms with Crippen molar-refractivity contribution in [2.24, 2.45) is 0 Å². The molecule has 1 aromatic carbocycles. The van der Waals surface area contributed by atoms with Crippen LogP contribution in [0.1, 0.15) is 16.7 Å². The van der Waals surface area contributed by atoms with Gasteiger partial charge in [-0.25, -0.2) is 0 Å². The molecule has 0 unspecified atom stereocenters. The third-order valence-electron chi connectivity index (χ3n) is 3.34. The number of nitrogens with one attached hydrogen (secondary N) is 1. The molecule has 4 heteroatoms. The fourth-order valence-corrected chi connectivity index (χ4v) is 3.01. The van der Waals surface area contributed by atoms with Crippen LogP contribution in [0.4, 0.5) is 0 Å². The minimum Gasteiger partial charge on any atom is -0.329 e. The fourth-order valence-electron chi connectivity index (χ4n) is 2.71. The summed E-state index contributed by atoms with van der Waals surface area (Å²) in [5, 5.41) is 0. The van der Waals surface area contributed by atoms with E-state index in [1.54, 1.807) is 12.4 Å². The van der Waals surface area contributed by atoms with E-state index in [9.17, 15) is 0 Å². The zero-order valence-electron chi connectivity index (χ0n) is 11.2. The number of benzene rings is 1. The van der Waals surface area contributed by atoms with Gasteiger partial charge in [-0.05, 0) is 50.2 Å². The molecule has 0 atom stereocenters. The van der Waals surface area contributed by atoms with Gasteiger partial charge in [0.25, 0.3) is 0 Å². The second-order valence-corrected chi connectivity index (χ2v) is 5.29. The number of H-pyrrole nitrogens is 1. The minimum absolute atomic E-state index is 0.707. The van der Waals surface area contributed by atoms with Crippen molar-refractivity contribution >= 4 is 23.3 Å². The van der Waals surface area contributed by atoms with Gasteiger partial charge in [0.05, 0.1) is 22.9 Å². The lowest BCUT2D eigenvalue weighted by Gasteiger charge is -2.13. The molecule has 0 aliphatic rings. The molecule has 0 radical (unpaired) electrons. The summed E-state index contributed by atoms with van der Waals surface area (Å²) in [5.74, 6) is 0. The Hall–Kier alpha value is -1.94. The van der Waals surface area contributed by atoms with Crippen LogP contribution >= 0.6 is 12.2 Å². The first-order chi connectivity index (χ1) is 9.08. The third kappa shape index (κ3) is 1.88. The summed E-state index contributed by atoms with van der Waals surface area (Å²) < 4.78 is 2.80. The maximum Gasteiger partial charge on any atom is 0.182 e.